The van der Waals surface area contributed by atoms with Crippen LogP contribution in [0, 0.1) is 11.8 Å². The quantitative estimate of drug-likeness (QED) is 0.847. The predicted molar refractivity (Wildman–Crippen MR) is 83.8 cm³/mol. The first-order valence-corrected chi connectivity index (χ1v) is 8.67. The SMILES string of the molecule is CC(C)C[C@H](NC(=O)C1CCCCC1)C(=O)N1CCCC1. The average Bonchev–Trinajstić information content (AvgIpc) is 3.00. The molecule has 1 aliphatic carbocycles. The Morgan fingerprint density at radius 2 is 1.67 bits per heavy atom. The molecule has 0 bridgehead atoms. The van der Waals surface area contributed by atoms with Crippen LogP contribution >= 0.6 is 0 Å². The maximum Gasteiger partial charge on any atom is 0.245 e. The van der Waals surface area contributed by atoms with Crippen LogP contribution in [0.2, 0.25) is 0 Å². The Kier molecular flexibility index (Phi) is 6.07. The number of amides is 2. The van der Waals surface area contributed by atoms with E-state index in [1.807, 2.05) is 4.90 Å². The summed E-state index contributed by atoms with van der Waals surface area (Å²) in [6, 6.07) is -0.322. The summed E-state index contributed by atoms with van der Waals surface area (Å²) in [4.78, 5) is 27.0. The normalized spacial score (nSPS) is 21.6. The fourth-order valence-electron chi connectivity index (χ4n) is 3.51. The van der Waals surface area contributed by atoms with E-state index in [1.54, 1.807) is 0 Å². The summed E-state index contributed by atoms with van der Waals surface area (Å²) in [5.41, 5.74) is 0. The van der Waals surface area contributed by atoms with Gasteiger partial charge in [-0.25, -0.2) is 0 Å². The lowest BCUT2D eigenvalue weighted by molar-refractivity contribution is -0.137. The van der Waals surface area contributed by atoms with Gasteiger partial charge in [0.05, 0.1) is 0 Å². The molecule has 21 heavy (non-hydrogen) atoms. The highest BCUT2D eigenvalue weighted by Gasteiger charge is 2.30. The molecule has 2 fully saturated rings. The van der Waals surface area contributed by atoms with Crippen molar-refractivity contribution in [1.29, 1.82) is 0 Å². The number of nitrogens with zero attached hydrogens (tertiary/aromatic N) is 1. The first kappa shape index (κ1) is 16.3. The Morgan fingerprint density at radius 3 is 2.24 bits per heavy atom. The van der Waals surface area contributed by atoms with Crippen LogP contribution in [0.3, 0.4) is 0 Å². The molecule has 1 N–H and O–H groups in total. The molecule has 4 nitrogen and oxygen atoms in total. The number of carbonyl (C=O) groups excluding carboxylic acids is 2. The molecule has 1 aliphatic heterocycles. The summed E-state index contributed by atoms with van der Waals surface area (Å²) in [7, 11) is 0. The summed E-state index contributed by atoms with van der Waals surface area (Å²) < 4.78 is 0. The first-order valence-electron chi connectivity index (χ1n) is 8.67. The molecule has 1 heterocycles. The average molecular weight is 294 g/mol. The monoisotopic (exact) mass is 294 g/mol. The smallest absolute Gasteiger partial charge is 0.245 e. The van der Waals surface area contributed by atoms with Crippen LogP contribution in [0.25, 0.3) is 0 Å². The fraction of sp³-hybridized carbons (Fsp3) is 0.882. The van der Waals surface area contributed by atoms with E-state index in [0.717, 1.165) is 58.0 Å². The van der Waals surface area contributed by atoms with E-state index in [9.17, 15) is 9.59 Å². The zero-order chi connectivity index (χ0) is 15.2. The van der Waals surface area contributed by atoms with Crippen LogP contribution < -0.4 is 5.32 Å². The van der Waals surface area contributed by atoms with Gasteiger partial charge in [-0.2, -0.15) is 0 Å². The molecule has 2 aliphatic rings. The van der Waals surface area contributed by atoms with Crippen molar-refractivity contribution in [3.05, 3.63) is 0 Å². The van der Waals surface area contributed by atoms with Gasteiger partial charge in [-0.15, -0.1) is 0 Å². The number of carbonyl (C=O) groups is 2. The third-order valence-corrected chi connectivity index (χ3v) is 4.72. The second-order valence-electron chi connectivity index (χ2n) is 7.06. The highest BCUT2D eigenvalue weighted by Crippen LogP contribution is 2.24. The summed E-state index contributed by atoms with van der Waals surface area (Å²) in [5.74, 6) is 0.770. The minimum absolute atomic E-state index is 0.105. The Morgan fingerprint density at radius 1 is 1.05 bits per heavy atom. The number of hydrogen-bond donors (Lipinski definition) is 1. The molecule has 2 rings (SSSR count). The summed E-state index contributed by atoms with van der Waals surface area (Å²) in [6.45, 7) is 5.92. The van der Waals surface area contributed by atoms with Crippen LogP contribution in [-0.2, 0) is 9.59 Å². The van der Waals surface area contributed by atoms with E-state index in [0.29, 0.717) is 5.92 Å². The van der Waals surface area contributed by atoms with Crippen molar-refractivity contribution in [3.63, 3.8) is 0 Å². The van der Waals surface area contributed by atoms with Crippen LogP contribution in [0.5, 0.6) is 0 Å². The summed E-state index contributed by atoms with van der Waals surface area (Å²) in [6.07, 6.45) is 8.43. The Labute approximate surface area is 128 Å². The minimum Gasteiger partial charge on any atom is -0.344 e. The standard InChI is InChI=1S/C17H30N2O2/c1-13(2)12-15(17(21)19-10-6-7-11-19)18-16(20)14-8-4-3-5-9-14/h13-15H,3-12H2,1-2H3,(H,18,20)/t15-/m0/s1. The van der Waals surface area contributed by atoms with Gasteiger partial charge in [-0.1, -0.05) is 33.1 Å². The van der Waals surface area contributed by atoms with E-state index in [4.69, 9.17) is 0 Å². The molecule has 4 heteroatoms. The number of rotatable bonds is 5. The van der Waals surface area contributed by atoms with Crippen LogP contribution in [0.15, 0.2) is 0 Å². The molecule has 0 radical (unpaired) electrons. The molecule has 1 atom stereocenters. The molecule has 2 amide bonds. The molecule has 1 saturated heterocycles. The van der Waals surface area contributed by atoms with E-state index in [2.05, 4.69) is 19.2 Å². The van der Waals surface area contributed by atoms with Crippen molar-refractivity contribution in [2.45, 2.75) is 71.3 Å². The van der Waals surface area contributed by atoms with Crippen molar-refractivity contribution >= 4 is 11.8 Å². The van der Waals surface area contributed by atoms with Gasteiger partial charge in [0.25, 0.3) is 0 Å². The van der Waals surface area contributed by atoms with Crippen LogP contribution in [0.1, 0.15) is 65.2 Å². The highest BCUT2D eigenvalue weighted by atomic mass is 16.2. The Balaban J connectivity index is 1.94. The molecular weight excluding hydrogens is 264 g/mol. The number of nitrogens with one attached hydrogen (secondary N) is 1. The zero-order valence-corrected chi connectivity index (χ0v) is 13.6. The van der Waals surface area contributed by atoms with Gasteiger partial charge >= 0.3 is 0 Å². The molecule has 0 unspecified atom stereocenters. The lowest BCUT2D eigenvalue weighted by Crippen LogP contribution is -2.50. The molecule has 0 aromatic rings. The Bertz CT molecular complexity index is 356. The van der Waals surface area contributed by atoms with Gasteiger partial charge in [-0.05, 0) is 38.0 Å². The van der Waals surface area contributed by atoms with Crippen molar-refractivity contribution < 1.29 is 9.59 Å². The molecule has 0 aromatic heterocycles. The van der Waals surface area contributed by atoms with Crippen LogP contribution in [0.4, 0.5) is 0 Å². The predicted octanol–water partition coefficient (Wildman–Crippen LogP) is 2.72. The largest absolute Gasteiger partial charge is 0.344 e. The number of hydrogen-bond acceptors (Lipinski definition) is 2. The molecule has 0 spiro atoms. The highest BCUT2D eigenvalue weighted by molar-refractivity contribution is 5.88. The van der Waals surface area contributed by atoms with E-state index >= 15 is 0 Å². The fourth-order valence-corrected chi connectivity index (χ4v) is 3.51. The topological polar surface area (TPSA) is 49.4 Å². The number of likely N-dealkylation sites (tertiary alicyclic amines) is 1. The third-order valence-electron chi connectivity index (χ3n) is 4.72. The first-order chi connectivity index (χ1) is 10.1. The summed E-state index contributed by atoms with van der Waals surface area (Å²) >= 11 is 0. The van der Waals surface area contributed by atoms with Crippen molar-refractivity contribution in [3.8, 4) is 0 Å². The second kappa shape index (κ2) is 7.81. The van der Waals surface area contributed by atoms with E-state index in [1.165, 1.54) is 6.42 Å². The van der Waals surface area contributed by atoms with Gasteiger partial charge in [0.15, 0.2) is 0 Å². The lowest BCUT2D eigenvalue weighted by atomic mass is 9.88. The van der Waals surface area contributed by atoms with E-state index < -0.39 is 0 Å². The van der Waals surface area contributed by atoms with Crippen molar-refractivity contribution in [2.75, 3.05) is 13.1 Å². The molecular formula is C17H30N2O2. The molecule has 0 aromatic carbocycles. The third kappa shape index (κ3) is 4.72. The van der Waals surface area contributed by atoms with Crippen molar-refractivity contribution in [1.82, 2.24) is 10.2 Å². The van der Waals surface area contributed by atoms with Gasteiger partial charge < -0.3 is 10.2 Å². The maximum absolute atomic E-state index is 12.6. The summed E-state index contributed by atoms with van der Waals surface area (Å²) in [5, 5.41) is 3.06. The van der Waals surface area contributed by atoms with Gasteiger partial charge in [0, 0.05) is 19.0 Å². The van der Waals surface area contributed by atoms with Gasteiger partial charge in [-0.3, -0.25) is 9.59 Å². The Hall–Kier alpha value is -1.06. The lowest BCUT2D eigenvalue weighted by Gasteiger charge is -2.28. The van der Waals surface area contributed by atoms with E-state index in [-0.39, 0.29) is 23.8 Å². The zero-order valence-electron chi connectivity index (χ0n) is 13.6. The minimum atomic E-state index is -0.322. The maximum atomic E-state index is 12.6. The second-order valence-corrected chi connectivity index (χ2v) is 7.06. The molecule has 1 saturated carbocycles. The van der Waals surface area contributed by atoms with Crippen molar-refractivity contribution in [2.24, 2.45) is 11.8 Å². The van der Waals surface area contributed by atoms with Gasteiger partial charge in [0.2, 0.25) is 11.8 Å². The van der Waals surface area contributed by atoms with Gasteiger partial charge in [0.1, 0.15) is 6.04 Å². The molecule has 120 valence electrons. The van der Waals surface area contributed by atoms with Crippen LogP contribution in [-0.4, -0.2) is 35.8 Å².